The number of rotatable bonds is 6. The van der Waals surface area contributed by atoms with Crippen molar-refractivity contribution in [1.29, 1.82) is 0 Å². The summed E-state index contributed by atoms with van der Waals surface area (Å²) in [7, 11) is 0. The largest absolute Gasteiger partial charge is 0.389 e. The van der Waals surface area contributed by atoms with Crippen molar-refractivity contribution in [2.45, 2.75) is 39.6 Å². The van der Waals surface area contributed by atoms with Crippen molar-refractivity contribution in [2.24, 2.45) is 0 Å². The highest BCUT2D eigenvalue weighted by Gasteiger charge is 2.22. The fourth-order valence-electron chi connectivity index (χ4n) is 2.86. The molecular formula is C16H23N3O2S. The summed E-state index contributed by atoms with van der Waals surface area (Å²) in [6.07, 6.45) is -0.455. The average molecular weight is 321 g/mol. The number of hydrogen-bond acceptors (Lipinski definition) is 5. The highest BCUT2D eigenvalue weighted by Crippen LogP contribution is 2.17. The van der Waals surface area contributed by atoms with Gasteiger partial charge in [-0.1, -0.05) is 6.07 Å². The lowest BCUT2D eigenvalue weighted by Gasteiger charge is -2.29. The number of β-amino-alcohol motifs (C(OH)–C–C–N with tert-alkyl or cyclic N) is 1. The molecule has 1 atom stereocenters. The van der Waals surface area contributed by atoms with Gasteiger partial charge in [0, 0.05) is 30.2 Å². The second-order valence-corrected chi connectivity index (χ2v) is 6.87. The van der Waals surface area contributed by atoms with Crippen molar-refractivity contribution in [2.75, 3.05) is 19.7 Å². The number of nitrogens with zero attached hydrogens (tertiary/aromatic N) is 3. The number of ether oxygens (including phenoxy) is 1. The Labute approximate surface area is 135 Å². The number of imidazole rings is 1. The molecule has 0 bridgehead atoms. The maximum atomic E-state index is 10.1. The molecule has 0 spiro atoms. The van der Waals surface area contributed by atoms with Gasteiger partial charge in [-0.25, -0.2) is 4.98 Å². The molecule has 0 amide bonds. The van der Waals surface area contributed by atoms with Crippen LogP contribution in [0.2, 0.25) is 0 Å². The molecule has 3 rings (SSSR count). The third kappa shape index (κ3) is 3.57. The fraction of sp³-hybridized carbons (Fsp3) is 0.562. The molecule has 0 aromatic carbocycles. The van der Waals surface area contributed by atoms with E-state index in [4.69, 9.17) is 4.74 Å². The number of aliphatic hydroxyl groups excluding tert-OH is 1. The summed E-state index contributed by atoms with van der Waals surface area (Å²) in [6, 6.07) is 4.06. The van der Waals surface area contributed by atoms with Crippen LogP contribution < -0.4 is 0 Å². The van der Waals surface area contributed by atoms with Crippen LogP contribution in [-0.4, -0.2) is 45.4 Å². The van der Waals surface area contributed by atoms with Gasteiger partial charge in [0.05, 0.1) is 31.6 Å². The lowest BCUT2D eigenvalue weighted by atomic mass is 10.3. The molecule has 3 heterocycles. The van der Waals surface area contributed by atoms with Crippen LogP contribution in [0, 0.1) is 13.8 Å². The van der Waals surface area contributed by atoms with Crippen molar-refractivity contribution < 1.29 is 9.84 Å². The van der Waals surface area contributed by atoms with E-state index in [0.29, 0.717) is 19.8 Å². The summed E-state index contributed by atoms with van der Waals surface area (Å²) in [4.78, 5) is 8.06. The fourth-order valence-corrected chi connectivity index (χ4v) is 3.50. The predicted octanol–water partition coefficient (Wildman–Crippen LogP) is 1.95. The number of aliphatic hydroxyl groups is 1. The molecular weight excluding hydrogens is 298 g/mol. The zero-order valence-corrected chi connectivity index (χ0v) is 14.0. The third-order valence-corrected chi connectivity index (χ3v) is 5.00. The van der Waals surface area contributed by atoms with Crippen LogP contribution in [0.3, 0.4) is 0 Å². The van der Waals surface area contributed by atoms with E-state index in [1.807, 2.05) is 17.5 Å². The monoisotopic (exact) mass is 321 g/mol. The van der Waals surface area contributed by atoms with Crippen LogP contribution in [0.5, 0.6) is 0 Å². The molecule has 0 saturated carbocycles. The second-order valence-electron chi connectivity index (χ2n) is 5.83. The lowest BCUT2D eigenvalue weighted by Crippen LogP contribution is -2.40. The third-order valence-electron chi connectivity index (χ3n) is 4.15. The smallest absolute Gasteiger partial charge is 0.123 e. The molecule has 0 saturated heterocycles. The Hall–Kier alpha value is -1.21. The molecule has 1 N–H and O–H groups in total. The normalized spacial score (nSPS) is 16.7. The van der Waals surface area contributed by atoms with Crippen LogP contribution in [0.1, 0.15) is 22.1 Å². The van der Waals surface area contributed by atoms with Gasteiger partial charge in [-0.2, -0.15) is 0 Å². The molecule has 0 aliphatic carbocycles. The van der Waals surface area contributed by atoms with Gasteiger partial charge in [0.15, 0.2) is 0 Å². The minimum absolute atomic E-state index is 0.376. The number of thiophene rings is 1. The molecule has 0 fully saturated rings. The minimum atomic E-state index is -0.455. The average Bonchev–Trinajstić information content (AvgIpc) is 3.08. The topological polar surface area (TPSA) is 50.5 Å². The molecule has 5 nitrogen and oxygen atoms in total. The summed E-state index contributed by atoms with van der Waals surface area (Å²) >= 11 is 1.68. The second kappa shape index (κ2) is 6.91. The van der Waals surface area contributed by atoms with Gasteiger partial charge >= 0.3 is 0 Å². The maximum Gasteiger partial charge on any atom is 0.123 e. The van der Waals surface area contributed by atoms with Crippen LogP contribution in [0.15, 0.2) is 17.5 Å². The SMILES string of the molecule is Cc1nc2n(c1C)CCN(CC(O)COCc1cccs1)C2. The quantitative estimate of drug-likeness (QED) is 0.883. The first kappa shape index (κ1) is 15.7. The van der Waals surface area contributed by atoms with E-state index in [1.165, 1.54) is 10.6 Å². The van der Waals surface area contributed by atoms with Gasteiger partial charge in [-0.3, -0.25) is 4.90 Å². The Morgan fingerprint density at radius 2 is 2.27 bits per heavy atom. The van der Waals surface area contributed by atoms with Crippen molar-refractivity contribution in [3.63, 3.8) is 0 Å². The Balaban J connectivity index is 1.45. The first-order valence-electron chi connectivity index (χ1n) is 7.66. The molecule has 1 aliphatic heterocycles. The molecule has 22 heavy (non-hydrogen) atoms. The van der Waals surface area contributed by atoms with Gasteiger partial charge in [0.2, 0.25) is 0 Å². The van der Waals surface area contributed by atoms with Crippen LogP contribution in [0.4, 0.5) is 0 Å². The summed E-state index contributed by atoms with van der Waals surface area (Å²) in [5, 5.41) is 12.2. The highest BCUT2D eigenvalue weighted by molar-refractivity contribution is 7.09. The summed E-state index contributed by atoms with van der Waals surface area (Å²) in [5.41, 5.74) is 2.37. The van der Waals surface area contributed by atoms with E-state index < -0.39 is 6.10 Å². The molecule has 6 heteroatoms. The zero-order chi connectivity index (χ0) is 15.5. The molecule has 2 aromatic rings. The van der Waals surface area contributed by atoms with E-state index in [2.05, 4.69) is 28.3 Å². The number of aromatic nitrogens is 2. The van der Waals surface area contributed by atoms with E-state index in [9.17, 15) is 5.11 Å². The Bertz CT molecular complexity index is 609. The lowest BCUT2D eigenvalue weighted by molar-refractivity contribution is 0.00610. The van der Waals surface area contributed by atoms with Crippen molar-refractivity contribution >= 4 is 11.3 Å². The van der Waals surface area contributed by atoms with Crippen LogP contribution in [0.25, 0.3) is 0 Å². The summed E-state index contributed by atoms with van der Waals surface area (Å²) < 4.78 is 7.87. The van der Waals surface area contributed by atoms with Crippen LogP contribution >= 0.6 is 11.3 Å². The standard InChI is InChI=1S/C16H23N3O2S/c1-12-13(2)19-6-5-18(9-16(19)17-12)8-14(20)10-21-11-15-4-3-7-22-15/h3-4,7,14,20H,5-6,8-11H2,1-2H3. The van der Waals surface area contributed by atoms with E-state index in [0.717, 1.165) is 31.2 Å². The van der Waals surface area contributed by atoms with E-state index in [1.54, 1.807) is 11.3 Å². The van der Waals surface area contributed by atoms with E-state index >= 15 is 0 Å². The zero-order valence-electron chi connectivity index (χ0n) is 13.2. The van der Waals surface area contributed by atoms with Crippen molar-refractivity contribution in [1.82, 2.24) is 14.5 Å². The summed E-state index contributed by atoms with van der Waals surface area (Å²) in [6.45, 7) is 8.47. The molecule has 2 aromatic heterocycles. The van der Waals surface area contributed by atoms with Gasteiger partial charge in [-0.15, -0.1) is 11.3 Å². The summed E-state index contributed by atoms with van der Waals surface area (Å²) in [5.74, 6) is 1.10. The number of fused-ring (bicyclic) bond motifs is 1. The van der Waals surface area contributed by atoms with Crippen molar-refractivity contribution in [3.8, 4) is 0 Å². The van der Waals surface area contributed by atoms with Gasteiger partial charge in [-0.05, 0) is 25.3 Å². The molecule has 120 valence electrons. The first-order valence-corrected chi connectivity index (χ1v) is 8.54. The predicted molar refractivity (Wildman–Crippen MR) is 87.0 cm³/mol. The van der Waals surface area contributed by atoms with Gasteiger partial charge in [0.25, 0.3) is 0 Å². The number of hydrogen-bond donors (Lipinski definition) is 1. The first-order chi connectivity index (χ1) is 10.6. The van der Waals surface area contributed by atoms with Crippen molar-refractivity contribution in [3.05, 3.63) is 39.6 Å². The highest BCUT2D eigenvalue weighted by atomic mass is 32.1. The Morgan fingerprint density at radius 1 is 1.41 bits per heavy atom. The number of aryl methyl sites for hydroxylation is 1. The van der Waals surface area contributed by atoms with E-state index in [-0.39, 0.29) is 0 Å². The van der Waals surface area contributed by atoms with Gasteiger partial charge in [0.1, 0.15) is 5.82 Å². The molecule has 0 radical (unpaired) electrons. The Kier molecular flexibility index (Phi) is 4.93. The van der Waals surface area contributed by atoms with Gasteiger partial charge < -0.3 is 14.4 Å². The maximum absolute atomic E-state index is 10.1. The Morgan fingerprint density at radius 3 is 3.05 bits per heavy atom. The molecule has 1 aliphatic rings. The van der Waals surface area contributed by atoms with Crippen LogP contribution in [-0.2, 0) is 24.4 Å². The minimum Gasteiger partial charge on any atom is -0.389 e. The molecule has 1 unspecified atom stereocenters.